The van der Waals surface area contributed by atoms with E-state index in [2.05, 4.69) is 5.32 Å². The normalized spacial score (nSPS) is 17.2. The average molecular weight is 341 g/mol. The van der Waals surface area contributed by atoms with Crippen LogP contribution in [0.4, 0.5) is 0 Å². The van der Waals surface area contributed by atoms with Crippen molar-refractivity contribution in [3.05, 3.63) is 42.0 Å². The fourth-order valence-electron chi connectivity index (χ4n) is 3.50. The quantitative estimate of drug-likeness (QED) is 0.873. The summed E-state index contributed by atoms with van der Waals surface area (Å²) in [5.41, 5.74) is -0.232. The van der Waals surface area contributed by atoms with Crippen molar-refractivity contribution in [1.29, 1.82) is 0 Å². The second-order valence-electron chi connectivity index (χ2n) is 6.78. The molecule has 1 aliphatic carbocycles. The Bertz CT molecular complexity index is 808. The van der Waals surface area contributed by atoms with Crippen LogP contribution in [-0.4, -0.2) is 29.6 Å². The van der Waals surface area contributed by atoms with Gasteiger partial charge in [0, 0.05) is 0 Å². The first kappa shape index (κ1) is 17.3. The summed E-state index contributed by atoms with van der Waals surface area (Å²) in [6.07, 6.45) is 2.66. The van der Waals surface area contributed by atoms with Crippen molar-refractivity contribution in [3.8, 4) is 5.75 Å². The van der Waals surface area contributed by atoms with E-state index in [1.165, 1.54) is 0 Å². The zero-order valence-electron chi connectivity index (χ0n) is 14.5. The zero-order valence-corrected chi connectivity index (χ0v) is 14.5. The second-order valence-corrected chi connectivity index (χ2v) is 6.78. The van der Waals surface area contributed by atoms with Crippen LogP contribution in [0.25, 0.3) is 10.8 Å². The van der Waals surface area contributed by atoms with Crippen molar-refractivity contribution in [2.24, 2.45) is 0 Å². The van der Waals surface area contributed by atoms with Crippen molar-refractivity contribution < 1.29 is 19.4 Å². The summed E-state index contributed by atoms with van der Waals surface area (Å²) in [7, 11) is 1.63. The summed E-state index contributed by atoms with van der Waals surface area (Å²) in [5, 5.41) is 14.4. The van der Waals surface area contributed by atoms with Gasteiger partial charge in [0.05, 0.1) is 13.0 Å². The molecule has 0 radical (unpaired) electrons. The first-order valence-corrected chi connectivity index (χ1v) is 8.58. The fraction of sp³-hybridized carbons (Fsp3) is 0.400. The van der Waals surface area contributed by atoms with Gasteiger partial charge in [-0.3, -0.25) is 4.79 Å². The molecule has 0 aromatic heterocycles. The summed E-state index contributed by atoms with van der Waals surface area (Å²) in [4.78, 5) is 24.3. The van der Waals surface area contributed by atoms with Crippen molar-refractivity contribution in [2.75, 3.05) is 7.11 Å². The summed E-state index contributed by atoms with van der Waals surface area (Å²) in [6.45, 7) is 1.81. The maximum absolute atomic E-state index is 12.7. The number of nitrogens with one attached hydrogen (secondary N) is 1. The van der Waals surface area contributed by atoms with Gasteiger partial charge in [-0.05, 0) is 48.2 Å². The number of carboxylic acids is 1. The molecular formula is C20H23NO4. The Morgan fingerprint density at radius 3 is 2.40 bits per heavy atom. The number of aliphatic carboxylic acids is 1. The van der Waals surface area contributed by atoms with Gasteiger partial charge in [-0.2, -0.15) is 0 Å². The van der Waals surface area contributed by atoms with E-state index in [1.54, 1.807) is 7.11 Å². The first-order valence-electron chi connectivity index (χ1n) is 8.58. The van der Waals surface area contributed by atoms with E-state index in [0.29, 0.717) is 12.8 Å². The summed E-state index contributed by atoms with van der Waals surface area (Å²) < 4.78 is 5.23. The molecule has 1 atom stereocenters. The van der Waals surface area contributed by atoms with Crippen molar-refractivity contribution in [2.45, 2.75) is 44.1 Å². The van der Waals surface area contributed by atoms with Crippen molar-refractivity contribution >= 4 is 22.6 Å². The van der Waals surface area contributed by atoms with Gasteiger partial charge in [0.25, 0.3) is 0 Å². The van der Waals surface area contributed by atoms with E-state index < -0.39 is 17.4 Å². The number of hydrogen-bond acceptors (Lipinski definition) is 3. The molecule has 25 heavy (non-hydrogen) atoms. The number of methoxy groups -OCH3 is 1. The molecular weight excluding hydrogens is 318 g/mol. The molecule has 132 valence electrons. The van der Waals surface area contributed by atoms with Crippen LogP contribution < -0.4 is 10.1 Å². The molecule has 1 aliphatic rings. The van der Waals surface area contributed by atoms with Crippen LogP contribution in [0.1, 0.15) is 44.1 Å². The molecule has 0 spiro atoms. The second kappa shape index (κ2) is 6.75. The minimum Gasteiger partial charge on any atom is -0.497 e. The van der Waals surface area contributed by atoms with Gasteiger partial charge in [-0.15, -0.1) is 0 Å². The Morgan fingerprint density at radius 1 is 1.12 bits per heavy atom. The van der Waals surface area contributed by atoms with Crippen LogP contribution in [0, 0.1) is 0 Å². The Labute approximate surface area is 147 Å². The number of carboxylic acid groups (broad SMARTS) is 1. The number of fused-ring (bicyclic) bond motifs is 1. The standard InChI is InChI=1S/C20H23NO4/c1-13(18(22)21-20(19(23)24)9-3-4-10-20)14-5-6-16-12-17(25-2)8-7-15(16)11-14/h5-8,11-13H,3-4,9-10H2,1-2H3,(H,21,22)(H,23,24)/t13-/m0/s1. The lowest BCUT2D eigenvalue weighted by molar-refractivity contribution is -0.147. The Balaban J connectivity index is 1.82. The number of rotatable bonds is 5. The van der Waals surface area contributed by atoms with Gasteiger partial charge in [-0.1, -0.05) is 37.1 Å². The maximum Gasteiger partial charge on any atom is 0.329 e. The lowest BCUT2D eigenvalue weighted by Gasteiger charge is -2.27. The topological polar surface area (TPSA) is 75.6 Å². The van der Waals surface area contributed by atoms with E-state index in [1.807, 2.05) is 43.3 Å². The molecule has 0 bridgehead atoms. The van der Waals surface area contributed by atoms with Crippen LogP contribution in [-0.2, 0) is 9.59 Å². The molecule has 5 heteroatoms. The summed E-state index contributed by atoms with van der Waals surface area (Å²) in [5.74, 6) is -0.799. The predicted octanol–water partition coefficient (Wildman–Crippen LogP) is 3.47. The highest BCUT2D eigenvalue weighted by Crippen LogP contribution is 2.31. The van der Waals surface area contributed by atoms with E-state index >= 15 is 0 Å². The monoisotopic (exact) mass is 341 g/mol. The van der Waals surface area contributed by atoms with E-state index in [-0.39, 0.29) is 5.91 Å². The molecule has 2 aromatic carbocycles. The van der Waals surface area contributed by atoms with E-state index in [0.717, 1.165) is 34.9 Å². The third kappa shape index (κ3) is 3.31. The minimum atomic E-state index is -1.10. The largest absolute Gasteiger partial charge is 0.497 e. The molecule has 2 N–H and O–H groups in total. The highest BCUT2D eigenvalue weighted by molar-refractivity contribution is 5.92. The number of amides is 1. The summed E-state index contributed by atoms with van der Waals surface area (Å²) in [6, 6.07) is 11.6. The Morgan fingerprint density at radius 2 is 1.76 bits per heavy atom. The lowest BCUT2D eigenvalue weighted by Crippen LogP contribution is -2.53. The molecule has 0 unspecified atom stereocenters. The molecule has 3 rings (SSSR count). The number of benzene rings is 2. The molecule has 0 aliphatic heterocycles. The average Bonchev–Trinajstić information content (AvgIpc) is 3.10. The van der Waals surface area contributed by atoms with Crippen LogP contribution in [0.2, 0.25) is 0 Å². The Hall–Kier alpha value is -2.56. The Kier molecular flexibility index (Phi) is 4.66. The van der Waals surface area contributed by atoms with Gasteiger partial charge in [0.2, 0.25) is 5.91 Å². The molecule has 1 fully saturated rings. The van der Waals surface area contributed by atoms with E-state index in [9.17, 15) is 14.7 Å². The van der Waals surface area contributed by atoms with Gasteiger partial charge >= 0.3 is 5.97 Å². The molecule has 1 amide bonds. The smallest absolute Gasteiger partial charge is 0.329 e. The molecule has 5 nitrogen and oxygen atoms in total. The van der Waals surface area contributed by atoms with Crippen molar-refractivity contribution in [1.82, 2.24) is 5.32 Å². The van der Waals surface area contributed by atoms with Crippen molar-refractivity contribution in [3.63, 3.8) is 0 Å². The molecule has 1 saturated carbocycles. The maximum atomic E-state index is 12.7. The third-order valence-electron chi connectivity index (χ3n) is 5.19. The minimum absolute atomic E-state index is 0.239. The number of ether oxygens (including phenoxy) is 1. The lowest BCUT2D eigenvalue weighted by atomic mass is 9.93. The predicted molar refractivity (Wildman–Crippen MR) is 95.9 cm³/mol. The number of carbonyl (C=O) groups excluding carboxylic acids is 1. The number of hydrogen-bond donors (Lipinski definition) is 2. The van der Waals surface area contributed by atoms with Crippen LogP contribution in [0.15, 0.2) is 36.4 Å². The van der Waals surface area contributed by atoms with E-state index in [4.69, 9.17) is 4.74 Å². The van der Waals surface area contributed by atoms with Crippen LogP contribution in [0.3, 0.4) is 0 Å². The SMILES string of the molecule is COc1ccc2cc([C@H](C)C(=O)NC3(C(=O)O)CCCC3)ccc2c1. The highest BCUT2D eigenvalue weighted by Gasteiger charge is 2.43. The number of carbonyl (C=O) groups is 2. The zero-order chi connectivity index (χ0) is 18.0. The highest BCUT2D eigenvalue weighted by atomic mass is 16.5. The molecule has 0 saturated heterocycles. The molecule has 2 aromatic rings. The van der Waals surface area contributed by atoms with Crippen LogP contribution >= 0.6 is 0 Å². The van der Waals surface area contributed by atoms with Gasteiger partial charge in [0.1, 0.15) is 11.3 Å². The van der Waals surface area contributed by atoms with Gasteiger partial charge in [0.15, 0.2) is 0 Å². The first-order chi connectivity index (χ1) is 11.9. The third-order valence-corrected chi connectivity index (χ3v) is 5.19. The van der Waals surface area contributed by atoms with Gasteiger partial charge in [-0.25, -0.2) is 4.79 Å². The van der Waals surface area contributed by atoms with Crippen LogP contribution in [0.5, 0.6) is 5.75 Å². The fourth-order valence-corrected chi connectivity index (χ4v) is 3.50. The summed E-state index contributed by atoms with van der Waals surface area (Å²) >= 11 is 0. The van der Waals surface area contributed by atoms with Gasteiger partial charge < -0.3 is 15.2 Å². The molecule has 0 heterocycles.